The van der Waals surface area contributed by atoms with Crippen LogP contribution in [0.3, 0.4) is 0 Å². The van der Waals surface area contributed by atoms with E-state index in [-0.39, 0.29) is 5.92 Å². The van der Waals surface area contributed by atoms with E-state index in [9.17, 15) is 0 Å². The molecule has 0 amide bonds. The van der Waals surface area contributed by atoms with Gasteiger partial charge in [0, 0.05) is 5.92 Å². The third kappa shape index (κ3) is 3.68. The fraction of sp³-hybridized carbons (Fsp3) is 0.0435. The molecule has 0 heteroatoms. The van der Waals surface area contributed by atoms with E-state index in [0.717, 1.165) is 6.42 Å². The van der Waals surface area contributed by atoms with Crippen LogP contribution in [0.25, 0.3) is 66.1 Å². The minimum absolute atomic E-state index is 0.119. The second-order valence-electron chi connectivity index (χ2n) is 12.8. The van der Waals surface area contributed by atoms with E-state index < -0.39 is 0 Å². The lowest BCUT2D eigenvalue weighted by atomic mass is 9.81. The second-order valence-corrected chi connectivity index (χ2v) is 12.8. The Hall–Kier alpha value is -5.72. The molecule has 1 atom stereocenters. The van der Waals surface area contributed by atoms with Crippen LogP contribution in [0.4, 0.5) is 0 Å². The third-order valence-corrected chi connectivity index (χ3v) is 10.3. The lowest BCUT2D eigenvalue weighted by molar-refractivity contribution is 0.995. The van der Waals surface area contributed by atoms with E-state index in [0.29, 0.717) is 0 Å². The summed E-state index contributed by atoms with van der Waals surface area (Å²) in [5, 5.41) is 5.30. The zero-order valence-electron chi connectivity index (χ0n) is 25.4. The molecule has 0 aliphatic heterocycles. The van der Waals surface area contributed by atoms with E-state index in [1.807, 2.05) is 0 Å². The maximum atomic E-state index is 2.49. The van der Waals surface area contributed by atoms with Gasteiger partial charge in [-0.05, 0) is 112 Å². The van der Waals surface area contributed by atoms with Crippen LogP contribution < -0.4 is 0 Å². The molecule has 8 aromatic carbocycles. The average molecular weight is 583 g/mol. The summed E-state index contributed by atoms with van der Waals surface area (Å²) in [5.41, 5.74) is 17.8. The molecule has 46 heavy (non-hydrogen) atoms. The normalized spacial score (nSPS) is 14.2. The largest absolute Gasteiger partial charge is 0.0622 e. The molecule has 0 nitrogen and oxygen atoms in total. The van der Waals surface area contributed by atoms with E-state index in [4.69, 9.17) is 0 Å². The summed E-state index contributed by atoms with van der Waals surface area (Å²) in [7, 11) is 0. The predicted molar refractivity (Wildman–Crippen MR) is 193 cm³/mol. The fourth-order valence-electron chi connectivity index (χ4n) is 8.42. The molecular formula is C46H30. The highest BCUT2D eigenvalue weighted by Gasteiger charge is 2.38. The van der Waals surface area contributed by atoms with Crippen LogP contribution in [-0.2, 0) is 6.42 Å². The van der Waals surface area contributed by atoms with Crippen molar-refractivity contribution in [1.82, 2.24) is 0 Å². The van der Waals surface area contributed by atoms with Crippen molar-refractivity contribution in [2.75, 3.05) is 0 Å². The average Bonchev–Trinajstić information content (AvgIpc) is 3.68. The standard InChI is InChI=1S/C46H30/c1-3-13-29(14-4-1)31-23-24-39-41(26-31)43(34-25-32-17-7-9-19-35(32)40(28-34)30-15-5-2-6-16-30)46-42-27-33-18-8-10-20-36(33)44(42)37-21-11-12-22-38(37)45(39)46/h1-26,28,43H,27H2. The van der Waals surface area contributed by atoms with E-state index >= 15 is 0 Å². The molecule has 0 bridgehead atoms. The van der Waals surface area contributed by atoms with Gasteiger partial charge >= 0.3 is 0 Å². The summed E-state index contributed by atoms with van der Waals surface area (Å²) in [6, 6.07) is 60.9. The Bertz CT molecular complexity index is 2480. The molecule has 0 N–H and O–H groups in total. The minimum Gasteiger partial charge on any atom is -0.0622 e. The number of rotatable bonds is 3. The molecule has 8 aromatic rings. The van der Waals surface area contributed by atoms with Crippen LogP contribution in [0.5, 0.6) is 0 Å². The molecule has 0 saturated carbocycles. The molecule has 0 spiro atoms. The van der Waals surface area contributed by atoms with Crippen LogP contribution in [0, 0.1) is 0 Å². The molecule has 214 valence electrons. The Kier molecular flexibility index (Phi) is 5.50. The number of benzene rings is 8. The molecule has 2 aliphatic carbocycles. The van der Waals surface area contributed by atoms with E-state index in [2.05, 4.69) is 164 Å². The molecule has 1 unspecified atom stereocenters. The van der Waals surface area contributed by atoms with Gasteiger partial charge in [0.2, 0.25) is 0 Å². The quantitative estimate of drug-likeness (QED) is 0.194. The van der Waals surface area contributed by atoms with Crippen LogP contribution >= 0.6 is 0 Å². The lowest BCUT2D eigenvalue weighted by Gasteiger charge is -2.22. The smallest absolute Gasteiger partial charge is 0.0356 e. The Balaban J connectivity index is 1.33. The lowest BCUT2D eigenvalue weighted by Crippen LogP contribution is -2.04. The van der Waals surface area contributed by atoms with Crippen LogP contribution in [-0.4, -0.2) is 0 Å². The van der Waals surface area contributed by atoms with Gasteiger partial charge in [-0.15, -0.1) is 0 Å². The first-order chi connectivity index (χ1) is 22.8. The molecule has 0 aromatic heterocycles. The first-order valence-corrected chi connectivity index (χ1v) is 16.3. The highest BCUT2D eigenvalue weighted by atomic mass is 14.4. The van der Waals surface area contributed by atoms with Crippen molar-refractivity contribution in [3.8, 4) is 44.5 Å². The molecule has 0 saturated heterocycles. The van der Waals surface area contributed by atoms with Crippen LogP contribution in [0.2, 0.25) is 0 Å². The molecule has 10 rings (SSSR count). The summed E-state index contributed by atoms with van der Waals surface area (Å²) >= 11 is 0. The third-order valence-electron chi connectivity index (χ3n) is 10.3. The Morgan fingerprint density at radius 2 is 1.07 bits per heavy atom. The Labute approximate surface area is 269 Å². The number of hydrogen-bond donors (Lipinski definition) is 0. The van der Waals surface area contributed by atoms with Gasteiger partial charge in [-0.1, -0.05) is 152 Å². The van der Waals surface area contributed by atoms with Gasteiger partial charge in [-0.3, -0.25) is 0 Å². The zero-order valence-corrected chi connectivity index (χ0v) is 25.4. The second kappa shape index (κ2) is 9.89. The Morgan fingerprint density at radius 1 is 0.413 bits per heavy atom. The van der Waals surface area contributed by atoms with Crippen molar-refractivity contribution in [3.05, 3.63) is 192 Å². The first kappa shape index (κ1) is 25.6. The molecule has 2 aliphatic rings. The summed E-state index contributed by atoms with van der Waals surface area (Å²) in [4.78, 5) is 0. The monoisotopic (exact) mass is 582 g/mol. The Morgan fingerprint density at radius 3 is 1.87 bits per heavy atom. The van der Waals surface area contributed by atoms with Crippen molar-refractivity contribution in [1.29, 1.82) is 0 Å². The maximum Gasteiger partial charge on any atom is 0.0356 e. The van der Waals surface area contributed by atoms with Gasteiger partial charge in [0.25, 0.3) is 0 Å². The first-order valence-electron chi connectivity index (χ1n) is 16.3. The predicted octanol–water partition coefficient (Wildman–Crippen LogP) is 12.1. The maximum absolute atomic E-state index is 2.49. The topological polar surface area (TPSA) is 0 Å². The highest BCUT2D eigenvalue weighted by Crippen LogP contribution is 2.58. The van der Waals surface area contributed by atoms with Crippen molar-refractivity contribution in [2.24, 2.45) is 0 Å². The van der Waals surface area contributed by atoms with E-state index in [1.54, 1.807) is 0 Å². The van der Waals surface area contributed by atoms with Crippen molar-refractivity contribution >= 4 is 21.5 Å². The summed E-state index contributed by atoms with van der Waals surface area (Å²) in [6.45, 7) is 0. The van der Waals surface area contributed by atoms with Crippen molar-refractivity contribution < 1.29 is 0 Å². The zero-order chi connectivity index (χ0) is 30.2. The van der Waals surface area contributed by atoms with Gasteiger partial charge in [-0.2, -0.15) is 0 Å². The number of hydrogen-bond acceptors (Lipinski definition) is 0. The summed E-state index contributed by atoms with van der Waals surface area (Å²) < 4.78 is 0. The number of fused-ring (bicyclic) bond motifs is 11. The molecule has 0 radical (unpaired) electrons. The molecule has 0 heterocycles. The highest BCUT2D eigenvalue weighted by molar-refractivity contribution is 6.12. The SMILES string of the molecule is c1ccc(-c2ccc3c(c2)C(c2cc(-c4ccccc4)c4ccccc4c2)c2c4c(c5ccccc5c2-3)-c2ccccc2C4)cc1. The van der Waals surface area contributed by atoms with Gasteiger partial charge in [0.05, 0.1) is 0 Å². The van der Waals surface area contributed by atoms with Crippen LogP contribution in [0.1, 0.15) is 33.7 Å². The van der Waals surface area contributed by atoms with Crippen LogP contribution in [0.15, 0.2) is 164 Å². The van der Waals surface area contributed by atoms with Gasteiger partial charge in [0.15, 0.2) is 0 Å². The fourth-order valence-corrected chi connectivity index (χ4v) is 8.42. The van der Waals surface area contributed by atoms with Gasteiger partial charge in [0.1, 0.15) is 0 Å². The van der Waals surface area contributed by atoms with Crippen molar-refractivity contribution in [2.45, 2.75) is 12.3 Å². The van der Waals surface area contributed by atoms with Gasteiger partial charge < -0.3 is 0 Å². The van der Waals surface area contributed by atoms with E-state index in [1.165, 1.54) is 93.9 Å². The minimum atomic E-state index is 0.119. The molecule has 0 fully saturated rings. The van der Waals surface area contributed by atoms with Gasteiger partial charge in [-0.25, -0.2) is 0 Å². The summed E-state index contributed by atoms with van der Waals surface area (Å²) in [6.07, 6.45) is 0.966. The molecular weight excluding hydrogens is 553 g/mol. The van der Waals surface area contributed by atoms with Crippen molar-refractivity contribution in [3.63, 3.8) is 0 Å². The summed E-state index contributed by atoms with van der Waals surface area (Å²) in [5.74, 6) is 0.119.